The lowest BCUT2D eigenvalue weighted by Crippen LogP contribution is -1.99. The number of rotatable bonds is 5. The zero-order chi connectivity index (χ0) is 16.4. The molecule has 1 aromatic carbocycles. The SMILES string of the molecule is COc1cc([N+](=O)[O-])ccc1OCc1cn2cc(C)ccc2n1. The lowest BCUT2D eigenvalue weighted by Gasteiger charge is -2.09. The molecule has 0 fully saturated rings. The minimum absolute atomic E-state index is 0.0441. The van der Waals surface area contributed by atoms with Crippen LogP contribution in [0.15, 0.2) is 42.7 Å². The van der Waals surface area contributed by atoms with E-state index in [1.807, 2.05) is 35.9 Å². The Hall–Kier alpha value is -3.09. The molecule has 2 heterocycles. The van der Waals surface area contributed by atoms with Crippen LogP contribution in [0.4, 0.5) is 5.69 Å². The molecule has 0 N–H and O–H groups in total. The van der Waals surface area contributed by atoms with Gasteiger partial charge in [-0.2, -0.15) is 0 Å². The van der Waals surface area contributed by atoms with Crippen LogP contribution in [0.1, 0.15) is 11.3 Å². The summed E-state index contributed by atoms with van der Waals surface area (Å²) in [5.74, 6) is 0.755. The molecule has 0 aliphatic heterocycles. The number of nitrogens with zero attached hydrogens (tertiary/aromatic N) is 3. The minimum atomic E-state index is -0.475. The van der Waals surface area contributed by atoms with Crippen LogP contribution in [-0.4, -0.2) is 21.4 Å². The number of fused-ring (bicyclic) bond motifs is 1. The van der Waals surface area contributed by atoms with E-state index >= 15 is 0 Å². The number of methoxy groups -OCH3 is 1. The molecule has 0 radical (unpaired) electrons. The smallest absolute Gasteiger partial charge is 0.273 e. The maximum atomic E-state index is 10.8. The molecule has 3 rings (SSSR count). The molecule has 0 unspecified atom stereocenters. The molecule has 0 aliphatic carbocycles. The van der Waals surface area contributed by atoms with Crippen molar-refractivity contribution in [3.63, 3.8) is 0 Å². The van der Waals surface area contributed by atoms with Crippen molar-refractivity contribution in [3.05, 3.63) is 64.1 Å². The molecule has 7 heteroatoms. The Morgan fingerprint density at radius 3 is 2.78 bits per heavy atom. The van der Waals surface area contributed by atoms with Crippen molar-refractivity contribution in [2.24, 2.45) is 0 Å². The average molecular weight is 313 g/mol. The minimum Gasteiger partial charge on any atom is -0.493 e. The first-order valence-electron chi connectivity index (χ1n) is 6.96. The topological polar surface area (TPSA) is 78.9 Å². The molecule has 0 spiro atoms. The lowest BCUT2D eigenvalue weighted by atomic mass is 10.3. The summed E-state index contributed by atoms with van der Waals surface area (Å²) < 4.78 is 12.8. The normalized spacial score (nSPS) is 10.7. The van der Waals surface area contributed by atoms with Gasteiger partial charge in [0.1, 0.15) is 12.3 Å². The summed E-state index contributed by atoms with van der Waals surface area (Å²) in [7, 11) is 1.44. The van der Waals surface area contributed by atoms with Crippen LogP contribution in [0.25, 0.3) is 5.65 Å². The summed E-state index contributed by atoms with van der Waals surface area (Å²) in [5.41, 5.74) is 2.69. The molecule has 0 bridgehead atoms. The summed E-state index contributed by atoms with van der Waals surface area (Å²) in [5, 5.41) is 10.8. The lowest BCUT2D eigenvalue weighted by molar-refractivity contribution is -0.385. The van der Waals surface area contributed by atoms with E-state index in [1.165, 1.54) is 25.3 Å². The molecule has 0 aliphatic rings. The van der Waals surface area contributed by atoms with Crippen molar-refractivity contribution >= 4 is 11.3 Å². The molecule has 118 valence electrons. The van der Waals surface area contributed by atoms with Gasteiger partial charge in [-0.1, -0.05) is 6.07 Å². The Kier molecular flexibility index (Phi) is 3.84. The molecule has 0 amide bonds. The first-order chi connectivity index (χ1) is 11.1. The molecule has 0 saturated carbocycles. The van der Waals surface area contributed by atoms with Crippen LogP contribution < -0.4 is 9.47 Å². The Bertz CT molecular complexity index is 873. The summed E-state index contributed by atoms with van der Waals surface area (Å²) >= 11 is 0. The number of nitro benzene ring substituents is 1. The van der Waals surface area contributed by atoms with Gasteiger partial charge in [-0.25, -0.2) is 4.98 Å². The van der Waals surface area contributed by atoms with Gasteiger partial charge in [0.05, 0.1) is 23.8 Å². The third-order valence-electron chi connectivity index (χ3n) is 3.38. The highest BCUT2D eigenvalue weighted by atomic mass is 16.6. The number of nitro groups is 1. The third kappa shape index (κ3) is 3.08. The van der Waals surface area contributed by atoms with E-state index in [2.05, 4.69) is 4.98 Å². The average Bonchev–Trinajstić information content (AvgIpc) is 2.94. The van der Waals surface area contributed by atoms with Gasteiger partial charge in [0.2, 0.25) is 0 Å². The molecular weight excluding hydrogens is 298 g/mol. The zero-order valence-electron chi connectivity index (χ0n) is 12.7. The summed E-state index contributed by atoms with van der Waals surface area (Å²) in [6.07, 6.45) is 3.87. The van der Waals surface area contributed by atoms with Crippen molar-refractivity contribution < 1.29 is 14.4 Å². The number of benzene rings is 1. The molecule has 3 aromatic rings. The fraction of sp³-hybridized carbons (Fsp3) is 0.188. The molecule has 23 heavy (non-hydrogen) atoms. The van der Waals surface area contributed by atoms with E-state index in [4.69, 9.17) is 9.47 Å². The molecule has 0 saturated heterocycles. The Labute approximate surface area is 132 Å². The number of hydrogen-bond donors (Lipinski definition) is 0. The predicted octanol–water partition coefficient (Wildman–Crippen LogP) is 3.14. The van der Waals surface area contributed by atoms with Gasteiger partial charge < -0.3 is 13.9 Å². The van der Waals surface area contributed by atoms with Gasteiger partial charge in [-0.3, -0.25) is 10.1 Å². The van der Waals surface area contributed by atoms with Crippen molar-refractivity contribution in [1.29, 1.82) is 0 Å². The zero-order valence-corrected chi connectivity index (χ0v) is 12.7. The maximum absolute atomic E-state index is 10.8. The number of ether oxygens (including phenoxy) is 2. The quantitative estimate of drug-likeness (QED) is 0.534. The van der Waals surface area contributed by atoms with E-state index in [0.29, 0.717) is 11.5 Å². The number of aromatic nitrogens is 2. The second-order valence-electron chi connectivity index (χ2n) is 5.09. The third-order valence-corrected chi connectivity index (χ3v) is 3.38. The number of pyridine rings is 1. The number of non-ortho nitro benzene ring substituents is 1. The monoisotopic (exact) mass is 313 g/mol. The van der Waals surface area contributed by atoms with Crippen LogP contribution in [0, 0.1) is 17.0 Å². The van der Waals surface area contributed by atoms with E-state index in [9.17, 15) is 10.1 Å². The number of imidazole rings is 1. The van der Waals surface area contributed by atoms with Gasteiger partial charge in [-0.15, -0.1) is 0 Å². The van der Waals surface area contributed by atoms with Gasteiger partial charge in [0, 0.05) is 18.5 Å². The maximum Gasteiger partial charge on any atom is 0.273 e. The van der Waals surface area contributed by atoms with Crippen molar-refractivity contribution in [3.8, 4) is 11.5 Å². The number of hydrogen-bond acceptors (Lipinski definition) is 5. The molecule has 0 atom stereocenters. The second kappa shape index (κ2) is 5.96. The summed E-state index contributed by atoms with van der Waals surface area (Å²) in [6.45, 7) is 2.26. The second-order valence-corrected chi connectivity index (χ2v) is 5.09. The Morgan fingerprint density at radius 2 is 2.04 bits per heavy atom. The predicted molar refractivity (Wildman–Crippen MR) is 83.9 cm³/mol. The first kappa shape index (κ1) is 14.8. The van der Waals surface area contributed by atoms with Gasteiger partial charge >= 0.3 is 0 Å². The largest absolute Gasteiger partial charge is 0.493 e. The van der Waals surface area contributed by atoms with E-state index in [-0.39, 0.29) is 12.3 Å². The first-order valence-corrected chi connectivity index (χ1v) is 6.96. The van der Waals surface area contributed by atoms with Crippen LogP contribution >= 0.6 is 0 Å². The van der Waals surface area contributed by atoms with E-state index in [1.54, 1.807) is 0 Å². The molecule has 2 aromatic heterocycles. The van der Waals surface area contributed by atoms with Crippen LogP contribution in [0.3, 0.4) is 0 Å². The number of aryl methyl sites for hydroxylation is 1. The Morgan fingerprint density at radius 1 is 1.22 bits per heavy atom. The fourth-order valence-electron chi connectivity index (χ4n) is 2.27. The molecule has 7 nitrogen and oxygen atoms in total. The van der Waals surface area contributed by atoms with E-state index in [0.717, 1.165) is 16.9 Å². The highest BCUT2D eigenvalue weighted by Gasteiger charge is 2.13. The van der Waals surface area contributed by atoms with Crippen molar-refractivity contribution in [2.45, 2.75) is 13.5 Å². The Balaban J connectivity index is 1.80. The fourth-order valence-corrected chi connectivity index (χ4v) is 2.27. The van der Waals surface area contributed by atoms with Crippen LogP contribution in [0.5, 0.6) is 11.5 Å². The van der Waals surface area contributed by atoms with Crippen LogP contribution in [0.2, 0.25) is 0 Å². The van der Waals surface area contributed by atoms with Crippen molar-refractivity contribution in [1.82, 2.24) is 9.38 Å². The highest BCUT2D eigenvalue weighted by Crippen LogP contribution is 2.31. The summed E-state index contributed by atoms with van der Waals surface area (Å²) in [4.78, 5) is 14.8. The van der Waals surface area contributed by atoms with E-state index < -0.39 is 4.92 Å². The van der Waals surface area contributed by atoms with Gasteiger partial charge in [-0.05, 0) is 24.6 Å². The van der Waals surface area contributed by atoms with Crippen molar-refractivity contribution in [2.75, 3.05) is 7.11 Å². The van der Waals surface area contributed by atoms with Crippen LogP contribution in [-0.2, 0) is 6.61 Å². The highest BCUT2D eigenvalue weighted by molar-refractivity contribution is 5.48. The van der Waals surface area contributed by atoms with Gasteiger partial charge in [0.25, 0.3) is 5.69 Å². The summed E-state index contributed by atoms with van der Waals surface area (Å²) in [6, 6.07) is 8.17. The molecular formula is C16H15N3O4. The van der Waals surface area contributed by atoms with Gasteiger partial charge in [0.15, 0.2) is 11.5 Å². The standard InChI is InChI=1S/C16H15N3O4/c1-11-3-6-16-17-12(9-18(16)8-11)10-23-14-5-4-13(19(20)21)7-15(14)22-2/h3-9H,10H2,1-2H3.